The molecule has 0 aromatic rings. The zero-order valence-electron chi connectivity index (χ0n) is 5.54. The molecule has 3 heteroatoms. The number of dihydropyridines is 1. The molecule has 0 amide bonds. The first kappa shape index (κ1) is 8.02. The van der Waals surface area contributed by atoms with E-state index in [9.17, 15) is 0 Å². The van der Waals surface area contributed by atoms with Crippen LogP contribution in [0.5, 0.6) is 0 Å². The molecule has 0 saturated carbocycles. The van der Waals surface area contributed by atoms with Crippen molar-refractivity contribution in [1.82, 2.24) is 5.32 Å². The van der Waals surface area contributed by atoms with Crippen LogP contribution in [0.1, 0.15) is 6.42 Å². The Kier molecular flexibility index (Phi) is 2.69. The Labute approximate surface area is 71.4 Å². The summed E-state index contributed by atoms with van der Waals surface area (Å²) < 4.78 is 0. The van der Waals surface area contributed by atoms with Crippen LogP contribution < -0.4 is 5.32 Å². The molecule has 2 heterocycles. The Morgan fingerprint density at radius 2 is 2.50 bits per heavy atom. The van der Waals surface area contributed by atoms with Crippen LogP contribution in [0.25, 0.3) is 0 Å². The third-order valence-corrected chi connectivity index (χ3v) is 2.87. The van der Waals surface area contributed by atoms with E-state index in [1.54, 1.807) is 0 Å². The molecule has 0 aromatic carbocycles. The number of hydrogen-bond donors (Lipinski definition) is 1. The van der Waals surface area contributed by atoms with Crippen LogP contribution in [-0.4, -0.2) is 11.8 Å². The molecule has 1 atom stereocenters. The van der Waals surface area contributed by atoms with Gasteiger partial charge in [0.2, 0.25) is 0 Å². The van der Waals surface area contributed by atoms with Crippen LogP contribution in [0.3, 0.4) is 0 Å². The van der Waals surface area contributed by atoms with Gasteiger partial charge in [-0.05, 0) is 24.8 Å². The van der Waals surface area contributed by atoms with Crippen LogP contribution in [0, 0.1) is 0 Å². The number of halogens is 1. The van der Waals surface area contributed by atoms with Gasteiger partial charge in [-0.3, -0.25) is 0 Å². The molecule has 10 heavy (non-hydrogen) atoms. The lowest BCUT2D eigenvalue weighted by Crippen LogP contribution is -2.23. The summed E-state index contributed by atoms with van der Waals surface area (Å²) in [5.74, 6) is 1.28. The van der Waals surface area contributed by atoms with Crippen LogP contribution >= 0.6 is 24.2 Å². The molecular weight excluding hydrogens is 166 g/mol. The van der Waals surface area contributed by atoms with E-state index in [1.807, 2.05) is 18.0 Å². The molecule has 1 unspecified atom stereocenters. The molecule has 1 saturated heterocycles. The first-order valence-electron chi connectivity index (χ1n) is 3.22. The highest BCUT2D eigenvalue weighted by Gasteiger charge is 2.20. The van der Waals surface area contributed by atoms with Gasteiger partial charge in [-0.1, -0.05) is 0 Å². The predicted molar refractivity (Wildman–Crippen MR) is 48.5 cm³/mol. The molecule has 1 N–H and O–H groups in total. The van der Waals surface area contributed by atoms with Crippen molar-refractivity contribution in [1.29, 1.82) is 0 Å². The van der Waals surface area contributed by atoms with E-state index in [4.69, 9.17) is 0 Å². The minimum absolute atomic E-state index is 0. The number of fused-ring (bicyclic) bond motifs is 1. The van der Waals surface area contributed by atoms with Crippen LogP contribution in [-0.2, 0) is 0 Å². The number of thioether (sulfide) groups is 1. The maximum atomic E-state index is 3.31. The summed E-state index contributed by atoms with van der Waals surface area (Å²) in [5.41, 5.74) is 0. The number of hydrogen-bond acceptors (Lipinski definition) is 2. The molecule has 0 bridgehead atoms. The number of nitrogens with one attached hydrogen (secondary N) is 1. The second-order valence-electron chi connectivity index (χ2n) is 2.28. The Morgan fingerprint density at radius 3 is 3.30 bits per heavy atom. The first-order chi connectivity index (χ1) is 4.47. The second-order valence-corrected chi connectivity index (χ2v) is 3.45. The fourth-order valence-electron chi connectivity index (χ4n) is 1.18. The highest BCUT2D eigenvalue weighted by atomic mass is 35.5. The quantitative estimate of drug-likeness (QED) is 0.604. The topological polar surface area (TPSA) is 12.0 Å². The third-order valence-electron chi connectivity index (χ3n) is 1.67. The van der Waals surface area contributed by atoms with Gasteiger partial charge in [0.1, 0.15) is 0 Å². The minimum atomic E-state index is 0. The summed E-state index contributed by atoms with van der Waals surface area (Å²) in [6.45, 7) is 0. The summed E-state index contributed by atoms with van der Waals surface area (Å²) in [5, 5.41) is 3.31. The van der Waals surface area contributed by atoms with E-state index in [0.29, 0.717) is 6.04 Å². The summed E-state index contributed by atoms with van der Waals surface area (Å²) in [4.78, 5) is 1.51. The van der Waals surface area contributed by atoms with Gasteiger partial charge in [-0.15, -0.1) is 24.2 Å². The van der Waals surface area contributed by atoms with Crippen LogP contribution in [0.15, 0.2) is 23.3 Å². The fraction of sp³-hybridized carbons (Fsp3) is 0.429. The average molecular weight is 176 g/mol. The normalized spacial score (nSPS) is 28.0. The summed E-state index contributed by atoms with van der Waals surface area (Å²) in [6.07, 6.45) is 7.60. The van der Waals surface area contributed by atoms with E-state index < -0.39 is 0 Å². The molecule has 2 aliphatic rings. The van der Waals surface area contributed by atoms with Gasteiger partial charge in [0, 0.05) is 10.7 Å². The lowest BCUT2D eigenvalue weighted by Gasteiger charge is -2.13. The molecule has 56 valence electrons. The lowest BCUT2D eigenvalue weighted by molar-refractivity contribution is 0.684. The van der Waals surface area contributed by atoms with Crippen molar-refractivity contribution in [3.8, 4) is 0 Å². The molecule has 0 aromatic heterocycles. The van der Waals surface area contributed by atoms with Crippen molar-refractivity contribution in [3.05, 3.63) is 23.3 Å². The average Bonchev–Trinajstić information content (AvgIpc) is 2.33. The number of allylic oxidation sites excluding steroid dienone is 2. The molecule has 2 rings (SSSR count). The summed E-state index contributed by atoms with van der Waals surface area (Å²) in [7, 11) is 0. The summed E-state index contributed by atoms with van der Waals surface area (Å²) in [6, 6.07) is 0.653. The zero-order valence-corrected chi connectivity index (χ0v) is 7.17. The Balaban J connectivity index is 0.000000500. The van der Waals surface area contributed by atoms with Crippen molar-refractivity contribution in [2.75, 3.05) is 5.75 Å². The standard InChI is InChI=1S/C7H9NS.ClH/c1-2-7-6(8-4-1)3-5-9-7;/h1-2,4,6,8H,3,5H2;1H. The van der Waals surface area contributed by atoms with E-state index in [0.717, 1.165) is 0 Å². The molecular formula is C7H10ClNS. The monoisotopic (exact) mass is 175 g/mol. The molecule has 1 nitrogen and oxygen atoms in total. The lowest BCUT2D eigenvalue weighted by atomic mass is 10.2. The van der Waals surface area contributed by atoms with Gasteiger partial charge >= 0.3 is 0 Å². The first-order valence-corrected chi connectivity index (χ1v) is 4.21. The molecule has 0 radical (unpaired) electrons. The van der Waals surface area contributed by atoms with E-state index in [-0.39, 0.29) is 12.4 Å². The van der Waals surface area contributed by atoms with E-state index >= 15 is 0 Å². The summed E-state index contributed by atoms with van der Waals surface area (Å²) >= 11 is 1.97. The third kappa shape index (κ3) is 1.32. The van der Waals surface area contributed by atoms with Gasteiger partial charge in [0.15, 0.2) is 0 Å². The van der Waals surface area contributed by atoms with Crippen molar-refractivity contribution in [2.24, 2.45) is 0 Å². The smallest absolute Gasteiger partial charge is 0.0575 e. The minimum Gasteiger partial charge on any atom is -0.384 e. The largest absolute Gasteiger partial charge is 0.384 e. The molecule has 0 aliphatic carbocycles. The maximum absolute atomic E-state index is 3.31. The molecule has 2 aliphatic heterocycles. The van der Waals surface area contributed by atoms with Crippen molar-refractivity contribution >= 4 is 24.2 Å². The Morgan fingerprint density at radius 1 is 1.60 bits per heavy atom. The zero-order chi connectivity index (χ0) is 6.10. The number of rotatable bonds is 0. The second kappa shape index (κ2) is 3.35. The van der Waals surface area contributed by atoms with Gasteiger partial charge in [-0.25, -0.2) is 0 Å². The fourth-order valence-corrected chi connectivity index (χ4v) is 2.33. The van der Waals surface area contributed by atoms with Crippen LogP contribution in [0.2, 0.25) is 0 Å². The van der Waals surface area contributed by atoms with Crippen LogP contribution in [0.4, 0.5) is 0 Å². The highest BCUT2D eigenvalue weighted by molar-refractivity contribution is 8.03. The van der Waals surface area contributed by atoms with E-state index in [2.05, 4.69) is 17.5 Å². The van der Waals surface area contributed by atoms with Crippen molar-refractivity contribution in [2.45, 2.75) is 12.5 Å². The van der Waals surface area contributed by atoms with Gasteiger partial charge in [0.05, 0.1) is 6.04 Å². The Hall–Kier alpha value is -0.0800. The van der Waals surface area contributed by atoms with Crippen molar-refractivity contribution < 1.29 is 0 Å². The van der Waals surface area contributed by atoms with Gasteiger partial charge in [-0.2, -0.15) is 0 Å². The van der Waals surface area contributed by atoms with Gasteiger partial charge < -0.3 is 5.32 Å². The Bertz CT molecular complexity index is 176. The highest BCUT2D eigenvalue weighted by Crippen LogP contribution is 2.31. The SMILES string of the molecule is C1=CNC2CCSC2=C1.Cl. The predicted octanol–water partition coefficient (Wildman–Crippen LogP) is 1.91. The molecule has 0 spiro atoms. The van der Waals surface area contributed by atoms with Crippen molar-refractivity contribution in [3.63, 3.8) is 0 Å². The van der Waals surface area contributed by atoms with Gasteiger partial charge in [0.25, 0.3) is 0 Å². The van der Waals surface area contributed by atoms with E-state index in [1.165, 1.54) is 17.1 Å². The maximum Gasteiger partial charge on any atom is 0.0575 e. The molecule has 1 fully saturated rings.